The van der Waals surface area contributed by atoms with Crippen LogP contribution in [0.5, 0.6) is 5.75 Å². The number of benzene rings is 2. The lowest BCUT2D eigenvalue weighted by molar-refractivity contribution is 0.432. The summed E-state index contributed by atoms with van der Waals surface area (Å²) < 4.78 is 13.2. The van der Waals surface area contributed by atoms with Gasteiger partial charge in [0.2, 0.25) is 0 Å². The average Bonchev–Trinajstić information content (AvgIpc) is 2.22. The highest BCUT2D eigenvalue weighted by atomic mass is 35.5. The number of hydrogen-bond donors (Lipinski definition) is 1. The molecule has 3 heteroatoms. The number of aryl methyl sites for hydroxylation is 1. The van der Waals surface area contributed by atoms with Crippen molar-refractivity contribution in [3.63, 3.8) is 0 Å². The minimum absolute atomic E-state index is 0.338. The van der Waals surface area contributed by atoms with Gasteiger partial charge in [0.1, 0.15) is 0 Å². The summed E-state index contributed by atoms with van der Waals surface area (Å²) in [6.45, 7) is 1.91. The second-order valence-electron chi connectivity index (χ2n) is 3.63. The molecule has 0 aliphatic carbocycles. The zero-order chi connectivity index (χ0) is 11.7. The largest absolute Gasteiger partial charge is 0.505 e. The third-order valence-corrected chi connectivity index (χ3v) is 2.68. The summed E-state index contributed by atoms with van der Waals surface area (Å²) in [5, 5.41) is 9.76. The minimum atomic E-state index is -0.619. The van der Waals surface area contributed by atoms with Crippen LogP contribution in [0.25, 0.3) is 11.1 Å². The first-order valence-electron chi connectivity index (χ1n) is 4.83. The van der Waals surface area contributed by atoms with Crippen LogP contribution in [0.4, 0.5) is 4.39 Å². The van der Waals surface area contributed by atoms with Crippen LogP contribution in [0.15, 0.2) is 36.4 Å². The van der Waals surface area contributed by atoms with Crippen molar-refractivity contribution in [3.05, 3.63) is 52.8 Å². The second-order valence-corrected chi connectivity index (χ2v) is 4.06. The number of phenolic OH excluding ortho intramolecular Hbond substituents is 1. The molecule has 0 heterocycles. The van der Waals surface area contributed by atoms with Gasteiger partial charge in [-0.15, -0.1) is 0 Å². The Balaban J connectivity index is 2.54. The molecule has 0 spiro atoms. The van der Waals surface area contributed by atoms with Gasteiger partial charge in [0.05, 0.1) is 0 Å². The Labute approximate surface area is 98.1 Å². The van der Waals surface area contributed by atoms with E-state index in [2.05, 4.69) is 0 Å². The topological polar surface area (TPSA) is 20.2 Å². The first-order chi connectivity index (χ1) is 7.58. The van der Waals surface area contributed by atoms with Crippen LogP contribution in [0.2, 0.25) is 5.02 Å². The fourth-order valence-electron chi connectivity index (χ4n) is 1.63. The van der Waals surface area contributed by atoms with Crippen molar-refractivity contribution in [1.82, 2.24) is 0 Å². The molecule has 0 saturated heterocycles. The van der Waals surface area contributed by atoms with Crippen molar-refractivity contribution in [2.75, 3.05) is 0 Å². The minimum Gasteiger partial charge on any atom is -0.505 e. The first kappa shape index (κ1) is 11.0. The summed E-state index contributed by atoms with van der Waals surface area (Å²) in [7, 11) is 0. The molecule has 0 fully saturated rings. The monoisotopic (exact) mass is 236 g/mol. The third-order valence-electron chi connectivity index (χ3n) is 2.45. The van der Waals surface area contributed by atoms with Gasteiger partial charge < -0.3 is 5.11 Å². The Bertz CT molecular complexity index is 537. The number of aromatic hydroxyl groups is 1. The third kappa shape index (κ3) is 2.02. The number of phenols is 1. The van der Waals surface area contributed by atoms with Crippen molar-refractivity contribution < 1.29 is 9.50 Å². The molecule has 2 aromatic carbocycles. The number of rotatable bonds is 1. The van der Waals surface area contributed by atoms with Gasteiger partial charge in [-0.05, 0) is 47.9 Å². The quantitative estimate of drug-likeness (QED) is 0.788. The Morgan fingerprint density at radius 1 is 1.12 bits per heavy atom. The van der Waals surface area contributed by atoms with Crippen LogP contribution in [0.1, 0.15) is 5.56 Å². The first-order valence-corrected chi connectivity index (χ1v) is 5.21. The van der Waals surface area contributed by atoms with Crippen LogP contribution < -0.4 is 0 Å². The van der Waals surface area contributed by atoms with Gasteiger partial charge in [-0.2, -0.15) is 0 Å². The predicted octanol–water partition coefficient (Wildman–Crippen LogP) is 4.16. The van der Waals surface area contributed by atoms with E-state index in [4.69, 9.17) is 16.7 Å². The lowest BCUT2D eigenvalue weighted by Crippen LogP contribution is -1.85. The van der Waals surface area contributed by atoms with Gasteiger partial charge in [0.25, 0.3) is 0 Å². The van der Waals surface area contributed by atoms with Crippen LogP contribution >= 0.6 is 11.6 Å². The van der Waals surface area contributed by atoms with Gasteiger partial charge in [0, 0.05) is 5.02 Å². The van der Waals surface area contributed by atoms with Gasteiger partial charge in [-0.3, -0.25) is 0 Å². The summed E-state index contributed by atoms with van der Waals surface area (Å²) in [5.41, 5.74) is 2.60. The molecule has 2 rings (SSSR count). The molecule has 82 valence electrons. The maximum atomic E-state index is 13.2. The molecule has 0 amide bonds. The SMILES string of the molecule is Cc1cc(Cl)ccc1-c1ccc(O)c(F)c1. The van der Waals surface area contributed by atoms with Gasteiger partial charge in [-0.1, -0.05) is 23.7 Å². The molecule has 2 aromatic rings. The van der Waals surface area contributed by atoms with Crippen molar-refractivity contribution >= 4 is 11.6 Å². The fourth-order valence-corrected chi connectivity index (χ4v) is 1.85. The summed E-state index contributed by atoms with van der Waals surface area (Å²) >= 11 is 5.85. The molecule has 0 bridgehead atoms. The van der Waals surface area contributed by atoms with E-state index in [-0.39, 0.29) is 5.75 Å². The molecular formula is C13H10ClFO. The Kier molecular flexibility index (Phi) is 2.84. The van der Waals surface area contributed by atoms with Gasteiger partial charge >= 0.3 is 0 Å². The summed E-state index contributed by atoms with van der Waals surface area (Å²) in [6, 6.07) is 9.75. The highest BCUT2D eigenvalue weighted by Gasteiger charge is 2.06. The molecule has 0 radical (unpaired) electrons. The van der Waals surface area contributed by atoms with E-state index in [1.54, 1.807) is 12.1 Å². The highest BCUT2D eigenvalue weighted by molar-refractivity contribution is 6.30. The smallest absolute Gasteiger partial charge is 0.165 e. The van der Waals surface area contributed by atoms with Crippen molar-refractivity contribution in [3.8, 4) is 16.9 Å². The molecule has 1 N–H and O–H groups in total. The lowest BCUT2D eigenvalue weighted by Gasteiger charge is -2.07. The van der Waals surface area contributed by atoms with E-state index < -0.39 is 5.82 Å². The van der Waals surface area contributed by atoms with E-state index in [0.717, 1.165) is 16.7 Å². The van der Waals surface area contributed by atoms with E-state index in [9.17, 15) is 4.39 Å². The van der Waals surface area contributed by atoms with Crippen LogP contribution in [0, 0.1) is 12.7 Å². The van der Waals surface area contributed by atoms with E-state index in [1.807, 2.05) is 19.1 Å². The fraction of sp³-hybridized carbons (Fsp3) is 0.0769. The van der Waals surface area contributed by atoms with Crippen LogP contribution in [-0.4, -0.2) is 5.11 Å². The molecule has 0 saturated carbocycles. The molecule has 16 heavy (non-hydrogen) atoms. The normalized spacial score (nSPS) is 10.4. The van der Waals surface area contributed by atoms with Crippen molar-refractivity contribution in [1.29, 1.82) is 0 Å². The highest BCUT2D eigenvalue weighted by Crippen LogP contribution is 2.28. The van der Waals surface area contributed by atoms with E-state index in [0.29, 0.717) is 5.02 Å². The van der Waals surface area contributed by atoms with Crippen LogP contribution in [-0.2, 0) is 0 Å². The maximum Gasteiger partial charge on any atom is 0.165 e. The molecule has 0 aliphatic heterocycles. The van der Waals surface area contributed by atoms with Gasteiger partial charge in [-0.25, -0.2) is 4.39 Å². The molecule has 0 unspecified atom stereocenters. The van der Waals surface area contributed by atoms with E-state index in [1.165, 1.54) is 12.1 Å². The summed E-state index contributed by atoms with van der Waals surface area (Å²) in [5.74, 6) is -0.956. The Hall–Kier alpha value is -1.54. The second kappa shape index (κ2) is 4.14. The summed E-state index contributed by atoms with van der Waals surface area (Å²) in [6.07, 6.45) is 0. The molecule has 0 aliphatic rings. The average molecular weight is 237 g/mol. The molecule has 0 atom stereocenters. The zero-order valence-corrected chi connectivity index (χ0v) is 9.42. The Morgan fingerprint density at radius 3 is 2.50 bits per heavy atom. The van der Waals surface area contributed by atoms with Crippen molar-refractivity contribution in [2.45, 2.75) is 6.92 Å². The maximum absolute atomic E-state index is 13.2. The molecule has 0 aromatic heterocycles. The lowest BCUT2D eigenvalue weighted by atomic mass is 10.0. The predicted molar refractivity (Wildman–Crippen MR) is 63.2 cm³/mol. The van der Waals surface area contributed by atoms with E-state index >= 15 is 0 Å². The number of hydrogen-bond acceptors (Lipinski definition) is 1. The van der Waals surface area contributed by atoms with Gasteiger partial charge in [0.15, 0.2) is 11.6 Å². The standard InChI is InChI=1S/C13H10ClFO/c1-8-6-10(14)3-4-11(8)9-2-5-13(16)12(15)7-9/h2-7,16H,1H3. The van der Waals surface area contributed by atoms with Crippen molar-refractivity contribution in [2.24, 2.45) is 0 Å². The summed E-state index contributed by atoms with van der Waals surface area (Å²) in [4.78, 5) is 0. The number of halogens is 2. The zero-order valence-electron chi connectivity index (χ0n) is 8.67. The Morgan fingerprint density at radius 2 is 1.88 bits per heavy atom. The molecular weight excluding hydrogens is 227 g/mol. The van der Waals surface area contributed by atoms with Crippen LogP contribution in [0.3, 0.4) is 0 Å². The molecule has 1 nitrogen and oxygen atoms in total.